The molecule has 0 aliphatic rings. The largest absolute Gasteiger partial charge is 0.324 e. The summed E-state index contributed by atoms with van der Waals surface area (Å²) >= 11 is 12.1. The van der Waals surface area contributed by atoms with Crippen LogP contribution in [0.15, 0.2) is 36.4 Å². The molecule has 0 saturated carbocycles. The van der Waals surface area contributed by atoms with Crippen molar-refractivity contribution < 1.29 is 9.59 Å². The van der Waals surface area contributed by atoms with Gasteiger partial charge < -0.3 is 10.6 Å². The van der Waals surface area contributed by atoms with E-state index >= 15 is 0 Å². The molecule has 2 amide bonds. The number of carbonyl (C=O) groups excluding carboxylic acids is 2. The maximum atomic E-state index is 12.6. The zero-order valence-electron chi connectivity index (χ0n) is 16.1. The van der Waals surface area contributed by atoms with E-state index in [4.69, 9.17) is 23.2 Å². The van der Waals surface area contributed by atoms with Gasteiger partial charge in [0.05, 0.1) is 5.69 Å². The average Bonchev–Trinajstić information content (AvgIpc) is 3.02. The van der Waals surface area contributed by atoms with Gasteiger partial charge >= 0.3 is 0 Å². The fraction of sp³-hybridized carbons (Fsp3) is 0.200. The van der Waals surface area contributed by atoms with E-state index in [0.717, 1.165) is 11.1 Å². The molecule has 29 heavy (non-hydrogen) atoms. The van der Waals surface area contributed by atoms with Crippen LogP contribution in [-0.2, 0) is 11.3 Å². The van der Waals surface area contributed by atoms with Crippen molar-refractivity contribution in [3.05, 3.63) is 69.0 Å². The summed E-state index contributed by atoms with van der Waals surface area (Å²) in [6.07, 6.45) is 0. The van der Waals surface area contributed by atoms with Crippen molar-refractivity contribution in [2.24, 2.45) is 0 Å². The van der Waals surface area contributed by atoms with Crippen LogP contribution >= 0.6 is 23.2 Å². The molecule has 1 aromatic heterocycles. The Kier molecular flexibility index (Phi) is 6.20. The van der Waals surface area contributed by atoms with Crippen LogP contribution in [0.4, 0.5) is 11.4 Å². The lowest BCUT2D eigenvalue weighted by Crippen LogP contribution is -2.21. The van der Waals surface area contributed by atoms with Crippen molar-refractivity contribution in [3.63, 3.8) is 0 Å². The molecule has 9 heteroatoms. The summed E-state index contributed by atoms with van der Waals surface area (Å²) in [4.78, 5) is 24.9. The SMILES string of the molecule is Cc1ccc(NC(=O)Cn2nnc(C(=O)Nc3cc(Cl)ccc3C)c2C)cc1Cl. The summed E-state index contributed by atoms with van der Waals surface area (Å²) < 4.78 is 1.37. The Bertz CT molecular complexity index is 1090. The summed E-state index contributed by atoms with van der Waals surface area (Å²) in [6.45, 7) is 5.32. The second kappa shape index (κ2) is 8.63. The summed E-state index contributed by atoms with van der Waals surface area (Å²) in [5.74, 6) is -0.736. The third-order valence-electron chi connectivity index (χ3n) is 4.39. The average molecular weight is 432 g/mol. The topological polar surface area (TPSA) is 88.9 Å². The van der Waals surface area contributed by atoms with Gasteiger partial charge in [0.25, 0.3) is 5.91 Å². The fourth-order valence-corrected chi connectivity index (χ4v) is 2.99. The molecule has 1 heterocycles. The van der Waals surface area contributed by atoms with E-state index in [-0.39, 0.29) is 18.1 Å². The lowest BCUT2D eigenvalue weighted by molar-refractivity contribution is -0.117. The minimum atomic E-state index is -0.426. The van der Waals surface area contributed by atoms with Gasteiger partial charge in [-0.05, 0) is 56.2 Å². The minimum absolute atomic E-state index is 0.0895. The highest BCUT2D eigenvalue weighted by Gasteiger charge is 2.19. The third kappa shape index (κ3) is 4.93. The first-order valence-electron chi connectivity index (χ1n) is 8.78. The monoisotopic (exact) mass is 431 g/mol. The first kappa shape index (κ1) is 20.8. The predicted molar refractivity (Wildman–Crippen MR) is 114 cm³/mol. The summed E-state index contributed by atoms with van der Waals surface area (Å²) in [7, 11) is 0. The van der Waals surface area contributed by atoms with Gasteiger partial charge in [-0.2, -0.15) is 0 Å². The highest BCUT2D eigenvalue weighted by atomic mass is 35.5. The number of benzene rings is 2. The van der Waals surface area contributed by atoms with E-state index in [1.54, 1.807) is 31.2 Å². The van der Waals surface area contributed by atoms with E-state index in [0.29, 0.717) is 27.1 Å². The van der Waals surface area contributed by atoms with Crippen molar-refractivity contribution in [2.75, 3.05) is 10.6 Å². The number of halogens is 2. The van der Waals surface area contributed by atoms with Gasteiger partial charge in [0.2, 0.25) is 5.91 Å². The summed E-state index contributed by atoms with van der Waals surface area (Å²) in [5, 5.41) is 14.4. The fourth-order valence-electron chi connectivity index (χ4n) is 2.64. The van der Waals surface area contributed by atoms with E-state index in [2.05, 4.69) is 20.9 Å². The molecule has 3 rings (SSSR count). The number of carbonyl (C=O) groups is 2. The van der Waals surface area contributed by atoms with Crippen LogP contribution < -0.4 is 10.6 Å². The van der Waals surface area contributed by atoms with Gasteiger partial charge in [0.15, 0.2) is 5.69 Å². The van der Waals surface area contributed by atoms with E-state index in [1.807, 2.05) is 26.0 Å². The molecule has 0 atom stereocenters. The highest BCUT2D eigenvalue weighted by molar-refractivity contribution is 6.31. The van der Waals surface area contributed by atoms with Crippen molar-refractivity contribution in [1.29, 1.82) is 0 Å². The number of anilines is 2. The normalized spacial score (nSPS) is 10.7. The van der Waals surface area contributed by atoms with Crippen molar-refractivity contribution in [2.45, 2.75) is 27.3 Å². The lowest BCUT2D eigenvalue weighted by Gasteiger charge is -2.09. The van der Waals surface area contributed by atoms with Crippen molar-refractivity contribution in [3.8, 4) is 0 Å². The molecule has 0 saturated heterocycles. The number of aryl methyl sites for hydroxylation is 2. The number of aromatic nitrogens is 3. The Hall–Kier alpha value is -2.90. The number of rotatable bonds is 5. The molecule has 0 unspecified atom stereocenters. The van der Waals surface area contributed by atoms with E-state index in [9.17, 15) is 9.59 Å². The maximum absolute atomic E-state index is 12.6. The number of nitrogens with one attached hydrogen (secondary N) is 2. The van der Waals surface area contributed by atoms with Gasteiger partial charge in [0, 0.05) is 21.4 Å². The Morgan fingerprint density at radius 3 is 2.45 bits per heavy atom. The minimum Gasteiger partial charge on any atom is -0.324 e. The molecule has 0 bridgehead atoms. The second-order valence-corrected chi connectivity index (χ2v) is 7.45. The Balaban J connectivity index is 1.69. The predicted octanol–water partition coefficient (Wildman–Crippen LogP) is 4.40. The van der Waals surface area contributed by atoms with E-state index < -0.39 is 5.91 Å². The van der Waals surface area contributed by atoms with E-state index in [1.165, 1.54) is 4.68 Å². The first-order chi connectivity index (χ1) is 13.7. The van der Waals surface area contributed by atoms with Gasteiger partial charge in [-0.1, -0.05) is 40.5 Å². The number of amides is 2. The zero-order valence-corrected chi connectivity index (χ0v) is 17.6. The van der Waals surface area contributed by atoms with Crippen LogP contribution in [0.3, 0.4) is 0 Å². The van der Waals surface area contributed by atoms with Gasteiger partial charge in [-0.25, -0.2) is 4.68 Å². The standard InChI is InChI=1S/C20H19Cl2N5O2/c1-11-5-7-15(9-16(11)22)23-18(28)10-27-13(3)19(25-26-27)20(29)24-17-8-14(21)6-4-12(17)2/h4-9H,10H2,1-3H3,(H,23,28)(H,24,29). The second-order valence-electron chi connectivity index (χ2n) is 6.61. The molecule has 2 N–H and O–H groups in total. The van der Waals surface area contributed by atoms with Gasteiger partial charge in [0.1, 0.15) is 6.54 Å². The number of nitrogens with zero attached hydrogens (tertiary/aromatic N) is 3. The van der Waals surface area contributed by atoms with Crippen LogP contribution in [0.2, 0.25) is 10.0 Å². The molecule has 0 radical (unpaired) electrons. The zero-order chi connectivity index (χ0) is 21.1. The quantitative estimate of drug-likeness (QED) is 0.626. The van der Waals surface area contributed by atoms with Crippen LogP contribution in [0.1, 0.15) is 27.3 Å². The number of hydrogen-bond donors (Lipinski definition) is 2. The molecule has 0 aliphatic carbocycles. The molecule has 150 valence electrons. The van der Waals surface area contributed by atoms with Crippen molar-refractivity contribution in [1.82, 2.24) is 15.0 Å². The molecule has 0 fully saturated rings. The van der Waals surface area contributed by atoms with Gasteiger partial charge in [-0.3, -0.25) is 9.59 Å². The lowest BCUT2D eigenvalue weighted by atomic mass is 10.2. The van der Waals surface area contributed by atoms with Crippen LogP contribution in [0, 0.1) is 20.8 Å². The molecular weight excluding hydrogens is 413 g/mol. The molecule has 7 nitrogen and oxygen atoms in total. The third-order valence-corrected chi connectivity index (χ3v) is 5.04. The van der Waals surface area contributed by atoms with Gasteiger partial charge in [-0.15, -0.1) is 5.10 Å². The summed E-state index contributed by atoms with van der Waals surface area (Å²) in [6, 6.07) is 10.5. The maximum Gasteiger partial charge on any atom is 0.278 e. The van der Waals surface area contributed by atoms with Crippen LogP contribution in [0.25, 0.3) is 0 Å². The summed E-state index contributed by atoms with van der Waals surface area (Å²) in [5.41, 5.74) is 3.56. The Morgan fingerprint density at radius 2 is 1.72 bits per heavy atom. The van der Waals surface area contributed by atoms with Crippen LogP contribution in [-0.4, -0.2) is 26.8 Å². The molecule has 0 aliphatic heterocycles. The first-order valence-corrected chi connectivity index (χ1v) is 9.54. The smallest absolute Gasteiger partial charge is 0.278 e. The Morgan fingerprint density at radius 1 is 1.00 bits per heavy atom. The van der Waals surface area contributed by atoms with Crippen LogP contribution in [0.5, 0.6) is 0 Å². The molecule has 0 spiro atoms. The molecular formula is C20H19Cl2N5O2. The highest BCUT2D eigenvalue weighted by Crippen LogP contribution is 2.22. The Labute approximate surface area is 178 Å². The molecule has 2 aromatic carbocycles. The number of hydrogen-bond acceptors (Lipinski definition) is 4. The van der Waals surface area contributed by atoms with Crippen molar-refractivity contribution >= 4 is 46.4 Å². The molecule has 3 aromatic rings.